The molecule has 0 aliphatic carbocycles. The number of hydrogen-bond donors (Lipinski definition) is 0. The van der Waals surface area contributed by atoms with Crippen LogP contribution < -0.4 is 4.74 Å². The molecule has 0 heterocycles. The first kappa shape index (κ1) is 14.3. The monoisotopic (exact) mass is 272 g/mol. The van der Waals surface area contributed by atoms with Crippen LogP contribution in [0.2, 0.25) is 0 Å². The fraction of sp³-hybridized carbons (Fsp3) is 0.235. The van der Waals surface area contributed by atoms with Gasteiger partial charge < -0.3 is 4.74 Å². The van der Waals surface area contributed by atoms with Gasteiger partial charge in [0.1, 0.15) is 11.6 Å². The van der Waals surface area contributed by atoms with Crippen molar-refractivity contribution < 1.29 is 13.9 Å². The van der Waals surface area contributed by atoms with Crippen molar-refractivity contribution in [3.05, 3.63) is 64.5 Å². The van der Waals surface area contributed by atoms with Gasteiger partial charge in [-0.05, 0) is 56.2 Å². The third kappa shape index (κ3) is 3.23. The van der Waals surface area contributed by atoms with Crippen molar-refractivity contribution in [2.75, 3.05) is 6.61 Å². The number of aryl methyl sites for hydroxylation is 3. The summed E-state index contributed by atoms with van der Waals surface area (Å²) in [6, 6.07) is 9.52. The molecule has 0 N–H and O–H groups in total. The molecule has 2 nitrogen and oxygen atoms in total. The van der Waals surface area contributed by atoms with Gasteiger partial charge in [-0.25, -0.2) is 4.39 Å². The molecule has 0 aromatic heterocycles. The van der Waals surface area contributed by atoms with Crippen LogP contribution in [0, 0.1) is 26.6 Å². The molecule has 0 amide bonds. The highest BCUT2D eigenvalue weighted by atomic mass is 19.1. The van der Waals surface area contributed by atoms with Crippen LogP contribution in [-0.4, -0.2) is 12.4 Å². The van der Waals surface area contributed by atoms with E-state index in [1.807, 2.05) is 32.9 Å². The quantitative estimate of drug-likeness (QED) is 0.786. The maximum atomic E-state index is 12.8. The zero-order valence-electron chi connectivity index (χ0n) is 11.9. The van der Waals surface area contributed by atoms with E-state index < -0.39 is 0 Å². The van der Waals surface area contributed by atoms with E-state index in [9.17, 15) is 9.18 Å². The summed E-state index contributed by atoms with van der Waals surface area (Å²) in [5.41, 5.74) is 3.63. The lowest BCUT2D eigenvalue weighted by Crippen LogP contribution is -2.12. The predicted octanol–water partition coefficient (Wildman–Crippen LogP) is 4.01. The smallest absolute Gasteiger partial charge is 0.200 e. The Balaban J connectivity index is 2.09. The molecule has 3 heteroatoms. The molecule has 0 saturated heterocycles. The number of ketones is 1. The second kappa shape index (κ2) is 5.87. The number of carbonyl (C=O) groups is 1. The number of hydrogen-bond acceptors (Lipinski definition) is 2. The summed E-state index contributed by atoms with van der Waals surface area (Å²) in [6.45, 7) is 5.89. The molecule has 0 unspecified atom stereocenters. The molecule has 0 fully saturated rings. The fourth-order valence-electron chi connectivity index (χ4n) is 2.25. The highest BCUT2D eigenvalue weighted by Crippen LogP contribution is 2.24. The van der Waals surface area contributed by atoms with Gasteiger partial charge in [0, 0.05) is 5.56 Å². The molecule has 0 aliphatic rings. The Hall–Kier alpha value is -2.16. The molecule has 0 radical (unpaired) electrons. The number of rotatable bonds is 4. The van der Waals surface area contributed by atoms with Crippen LogP contribution in [0.15, 0.2) is 36.4 Å². The minimum Gasteiger partial charge on any atom is -0.485 e. The summed E-state index contributed by atoms with van der Waals surface area (Å²) >= 11 is 0. The molecular weight excluding hydrogens is 255 g/mol. The Morgan fingerprint density at radius 3 is 2.15 bits per heavy atom. The molecule has 0 bridgehead atoms. The van der Waals surface area contributed by atoms with Crippen LogP contribution in [0.25, 0.3) is 0 Å². The van der Waals surface area contributed by atoms with E-state index in [4.69, 9.17) is 4.74 Å². The van der Waals surface area contributed by atoms with Crippen molar-refractivity contribution in [2.24, 2.45) is 0 Å². The summed E-state index contributed by atoms with van der Waals surface area (Å²) in [5, 5.41) is 0. The lowest BCUT2D eigenvalue weighted by molar-refractivity contribution is 0.0920. The van der Waals surface area contributed by atoms with E-state index >= 15 is 0 Å². The standard InChI is InChI=1S/C17H17FO2/c1-11-8-12(2)17(13(3)9-11)20-10-16(19)14-4-6-15(18)7-5-14/h4-9H,10H2,1-3H3. The average Bonchev–Trinajstić information content (AvgIpc) is 2.38. The molecule has 0 spiro atoms. The molecule has 20 heavy (non-hydrogen) atoms. The Morgan fingerprint density at radius 2 is 1.60 bits per heavy atom. The Bertz CT molecular complexity index is 607. The number of ether oxygens (including phenoxy) is 1. The Morgan fingerprint density at radius 1 is 1.05 bits per heavy atom. The van der Waals surface area contributed by atoms with Crippen LogP contribution in [-0.2, 0) is 0 Å². The van der Waals surface area contributed by atoms with Gasteiger partial charge in [0.05, 0.1) is 0 Å². The van der Waals surface area contributed by atoms with Crippen LogP contribution in [0.5, 0.6) is 5.75 Å². The van der Waals surface area contributed by atoms with Crippen molar-refractivity contribution in [3.8, 4) is 5.75 Å². The second-order valence-electron chi connectivity index (χ2n) is 4.95. The van der Waals surface area contributed by atoms with Gasteiger partial charge in [0.25, 0.3) is 0 Å². The van der Waals surface area contributed by atoms with Crippen LogP contribution in [0.4, 0.5) is 4.39 Å². The summed E-state index contributed by atoms with van der Waals surface area (Å²) in [5.74, 6) is 0.225. The minimum atomic E-state index is -0.354. The summed E-state index contributed by atoms with van der Waals surface area (Å²) in [6.07, 6.45) is 0. The van der Waals surface area contributed by atoms with Crippen molar-refractivity contribution in [1.82, 2.24) is 0 Å². The number of Topliss-reactive ketones (excluding diaryl/α,β-unsaturated/α-hetero) is 1. The normalized spacial score (nSPS) is 10.4. The number of benzene rings is 2. The molecule has 2 aromatic carbocycles. The first-order valence-electron chi connectivity index (χ1n) is 6.47. The first-order valence-corrected chi connectivity index (χ1v) is 6.47. The van der Waals surface area contributed by atoms with Crippen molar-refractivity contribution >= 4 is 5.78 Å². The maximum absolute atomic E-state index is 12.8. The van der Waals surface area contributed by atoms with E-state index in [0.717, 1.165) is 22.4 Å². The van der Waals surface area contributed by atoms with E-state index in [-0.39, 0.29) is 18.2 Å². The van der Waals surface area contributed by atoms with Gasteiger partial charge in [-0.2, -0.15) is 0 Å². The number of carbonyl (C=O) groups excluding carboxylic acids is 1. The van der Waals surface area contributed by atoms with Gasteiger partial charge in [-0.15, -0.1) is 0 Å². The lowest BCUT2D eigenvalue weighted by Gasteiger charge is -2.12. The van der Waals surface area contributed by atoms with E-state index in [1.165, 1.54) is 24.3 Å². The third-order valence-corrected chi connectivity index (χ3v) is 3.12. The molecule has 104 valence electrons. The van der Waals surface area contributed by atoms with Gasteiger partial charge >= 0.3 is 0 Å². The molecule has 0 atom stereocenters. The molecule has 0 aliphatic heterocycles. The summed E-state index contributed by atoms with van der Waals surface area (Å²) in [4.78, 5) is 12.0. The largest absolute Gasteiger partial charge is 0.485 e. The van der Waals surface area contributed by atoms with Crippen LogP contribution >= 0.6 is 0 Å². The van der Waals surface area contributed by atoms with Crippen molar-refractivity contribution in [1.29, 1.82) is 0 Å². The van der Waals surface area contributed by atoms with Crippen molar-refractivity contribution in [3.63, 3.8) is 0 Å². The Kier molecular flexibility index (Phi) is 4.18. The third-order valence-electron chi connectivity index (χ3n) is 3.12. The van der Waals surface area contributed by atoms with Gasteiger partial charge in [-0.1, -0.05) is 17.7 Å². The van der Waals surface area contributed by atoms with E-state index in [0.29, 0.717) is 5.56 Å². The highest BCUT2D eigenvalue weighted by molar-refractivity contribution is 5.97. The van der Waals surface area contributed by atoms with Gasteiger partial charge in [0.2, 0.25) is 0 Å². The molecule has 2 rings (SSSR count). The van der Waals surface area contributed by atoms with E-state index in [1.54, 1.807) is 0 Å². The predicted molar refractivity (Wildman–Crippen MR) is 76.9 cm³/mol. The lowest BCUT2D eigenvalue weighted by atomic mass is 10.1. The Labute approximate surface area is 118 Å². The topological polar surface area (TPSA) is 26.3 Å². The fourth-order valence-corrected chi connectivity index (χ4v) is 2.25. The zero-order valence-corrected chi connectivity index (χ0v) is 11.9. The van der Waals surface area contributed by atoms with Crippen LogP contribution in [0.1, 0.15) is 27.0 Å². The van der Waals surface area contributed by atoms with Crippen molar-refractivity contribution in [2.45, 2.75) is 20.8 Å². The van der Waals surface area contributed by atoms with E-state index in [2.05, 4.69) is 0 Å². The highest BCUT2D eigenvalue weighted by Gasteiger charge is 2.10. The van der Waals surface area contributed by atoms with Gasteiger partial charge in [0.15, 0.2) is 12.4 Å². The zero-order chi connectivity index (χ0) is 14.7. The number of halogens is 1. The minimum absolute atomic E-state index is 0.0453. The summed E-state index contributed by atoms with van der Waals surface area (Å²) < 4.78 is 18.4. The average molecular weight is 272 g/mol. The maximum Gasteiger partial charge on any atom is 0.200 e. The van der Waals surface area contributed by atoms with Crippen LogP contribution in [0.3, 0.4) is 0 Å². The molecular formula is C17H17FO2. The second-order valence-corrected chi connectivity index (χ2v) is 4.95. The van der Waals surface area contributed by atoms with Gasteiger partial charge in [-0.3, -0.25) is 4.79 Å². The molecule has 0 saturated carbocycles. The molecule has 2 aromatic rings. The first-order chi connectivity index (χ1) is 9.47. The SMILES string of the molecule is Cc1cc(C)c(OCC(=O)c2ccc(F)cc2)c(C)c1. The summed E-state index contributed by atoms with van der Waals surface area (Å²) in [7, 11) is 0.